The molecule has 0 aromatic rings. The van der Waals surface area contributed by atoms with E-state index < -0.39 is 21.2 Å². The van der Waals surface area contributed by atoms with Gasteiger partial charge < -0.3 is 14.9 Å². The maximum atomic E-state index is 11.2. The first kappa shape index (κ1) is 24.7. The van der Waals surface area contributed by atoms with E-state index in [0.29, 0.717) is 0 Å². The topological polar surface area (TPSA) is 178 Å². The zero-order chi connectivity index (χ0) is 18.7. The van der Waals surface area contributed by atoms with Crippen molar-refractivity contribution in [3.05, 3.63) is 0 Å². The Morgan fingerprint density at radius 3 is 1.88 bits per heavy atom. The van der Waals surface area contributed by atoms with Crippen LogP contribution >= 0.6 is 37.2 Å². The van der Waals surface area contributed by atoms with Crippen molar-refractivity contribution < 1.29 is 67.6 Å². The SMILES string of the molecule is CC(C)(C)OP(=O)(O)OOOOOOOP(=O)(O)OCSSCO. The summed E-state index contributed by atoms with van der Waals surface area (Å²) in [7, 11) is -7.34. The van der Waals surface area contributed by atoms with Crippen LogP contribution in [0.2, 0.25) is 0 Å². The number of phosphoric ester groups is 2. The Labute approximate surface area is 143 Å². The van der Waals surface area contributed by atoms with Crippen molar-refractivity contribution in [2.75, 3.05) is 11.9 Å². The molecular weight excluding hydrogens is 422 g/mol. The second kappa shape index (κ2) is 12.1. The summed E-state index contributed by atoms with van der Waals surface area (Å²) in [6.45, 7) is 4.42. The summed E-state index contributed by atoms with van der Waals surface area (Å²) in [4.78, 5) is 18.1. The smallest absolute Gasteiger partial charge is 0.385 e. The monoisotopic (exact) mass is 438 g/mol. The quantitative estimate of drug-likeness (QED) is 0.0893. The van der Waals surface area contributed by atoms with Crippen LogP contribution in [0.3, 0.4) is 0 Å². The highest BCUT2D eigenvalue weighted by atomic mass is 33.1. The maximum Gasteiger partial charge on any atom is 0.502 e. The zero-order valence-electron chi connectivity index (χ0n) is 12.5. The van der Waals surface area contributed by atoms with E-state index in [1.165, 1.54) is 20.8 Å². The molecule has 0 amide bonds. The van der Waals surface area contributed by atoms with Gasteiger partial charge in [-0.25, -0.2) is 9.13 Å². The third-order valence-corrected chi connectivity index (χ3v) is 4.65. The molecule has 18 heteroatoms. The van der Waals surface area contributed by atoms with Crippen LogP contribution in [0.1, 0.15) is 20.8 Å². The van der Waals surface area contributed by atoms with Crippen LogP contribution < -0.4 is 0 Å². The predicted molar refractivity (Wildman–Crippen MR) is 76.3 cm³/mol. The van der Waals surface area contributed by atoms with E-state index in [2.05, 4.69) is 43.6 Å². The minimum Gasteiger partial charge on any atom is -0.385 e. The molecule has 0 aromatic heterocycles. The lowest BCUT2D eigenvalue weighted by atomic mass is 10.2. The van der Waals surface area contributed by atoms with Gasteiger partial charge in [0.15, 0.2) is 0 Å². The highest BCUT2D eigenvalue weighted by Crippen LogP contribution is 2.47. The van der Waals surface area contributed by atoms with Crippen LogP contribution in [0.25, 0.3) is 0 Å². The average Bonchev–Trinajstić information content (AvgIpc) is 2.40. The number of rotatable bonds is 14. The van der Waals surface area contributed by atoms with E-state index in [1.54, 1.807) is 0 Å². The summed E-state index contributed by atoms with van der Waals surface area (Å²) < 4.78 is 38.9. The van der Waals surface area contributed by atoms with Crippen molar-refractivity contribution in [2.24, 2.45) is 0 Å². The Morgan fingerprint density at radius 2 is 1.38 bits per heavy atom. The molecule has 2 atom stereocenters. The number of hydrogen-bond acceptors (Lipinski definition) is 14. The van der Waals surface area contributed by atoms with Crippen LogP contribution in [0.5, 0.6) is 0 Å². The van der Waals surface area contributed by atoms with Gasteiger partial charge in [0.1, 0.15) is 5.94 Å². The van der Waals surface area contributed by atoms with Crippen molar-refractivity contribution in [2.45, 2.75) is 26.4 Å². The van der Waals surface area contributed by atoms with Gasteiger partial charge in [0, 0.05) is 0 Å². The van der Waals surface area contributed by atoms with E-state index >= 15 is 0 Å². The van der Waals surface area contributed by atoms with E-state index in [-0.39, 0.29) is 11.9 Å². The molecule has 3 N–H and O–H groups in total. The highest BCUT2D eigenvalue weighted by molar-refractivity contribution is 8.76. The molecule has 14 nitrogen and oxygen atoms in total. The Morgan fingerprint density at radius 1 is 0.875 bits per heavy atom. The third kappa shape index (κ3) is 16.2. The Bertz CT molecular complexity index is 428. The number of aliphatic hydroxyl groups is 1. The molecule has 2 unspecified atom stereocenters. The average molecular weight is 438 g/mol. The molecule has 0 heterocycles. The fraction of sp³-hybridized carbons (Fsp3) is 1.00. The first-order valence-corrected chi connectivity index (χ1v) is 11.0. The van der Waals surface area contributed by atoms with Gasteiger partial charge in [0.25, 0.3) is 0 Å². The Kier molecular flexibility index (Phi) is 12.5. The van der Waals surface area contributed by atoms with Crippen molar-refractivity contribution in [3.8, 4) is 0 Å². The number of hydrogen-bond donors (Lipinski definition) is 3. The van der Waals surface area contributed by atoms with E-state index in [9.17, 15) is 9.13 Å². The van der Waals surface area contributed by atoms with Crippen LogP contribution in [-0.4, -0.2) is 32.4 Å². The molecule has 0 aliphatic heterocycles. The summed E-state index contributed by atoms with van der Waals surface area (Å²) in [6.07, 6.45) is 0. The maximum absolute atomic E-state index is 11.2. The minimum atomic E-state index is -4.61. The van der Waals surface area contributed by atoms with Crippen LogP contribution in [-0.2, 0) is 52.7 Å². The summed E-state index contributed by atoms with van der Waals surface area (Å²) in [5.41, 5.74) is -1.02. The van der Waals surface area contributed by atoms with Crippen molar-refractivity contribution in [1.29, 1.82) is 0 Å². The van der Waals surface area contributed by atoms with E-state index in [1.807, 2.05) is 0 Å². The highest BCUT2D eigenvalue weighted by Gasteiger charge is 2.31. The first-order chi connectivity index (χ1) is 11.0. The molecule has 0 rings (SSSR count). The van der Waals surface area contributed by atoms with Gasteiger partial charge in [-0.3, -0.25) is 9.05 Å². The van der Waals surface area contributed by atoms with Crippen molar-refractivity contribution in [3.63, 3.8) is 0 Å². The summed E-state index contributed by atoms with van der Waals surface area (Å²) >= 11 is 0. The molecule has 0 bridgehead atoms. The van der Waals surface area contributed by atoms with Gasteiger partial charge in [-0.2, -0.15) is 0 Å². The molecule has 0 saturated heterocycles. The Hall–Kier alpha value is 0.680. The number of phosphoric acid groups is 2. The lowest BCUT2D eigenvalue weighted by Gasteiger charge is -2.20. The lowest BCUT2D eigenvalue weighted by Crippen LogP contribution is -2.18. The van der Waals surface area contributed by atoms with Crippen LogP contribution in [0.15, 0.2) is 0 Å². The fourth-order valence-corrected chi connectivity index (χ4v) is 3.31. The van der Waals surface area contributed by atoms with Gasteiger partial charge in [-0.15, -0.1) is 0 Å². The van der Waals surface area contributed by atoms with Gasteiger partial charge in [-0.1, -0.05) is 30.9 Å². The largest absolute Gasteiger partial charge is 0.502 e. The van der Waals surface area contributed by atoms with Crippen LogP contribution in [0.4, 0.5) is 0 Å². The number of aliphatic hydroxyl groups excluding tert-OH is 1. The minimum absolute atomic E-state index is 0.223. The Balaban J connectivity index is 3.69. The van der Waals surface area contributed by atoms with Gasteiger partial charge in [-0.05, 0) is 46.0 Å². The van der Waals surface area contributed by atoms with E-state index in [0.717, 1.165) is 21.6 Å². The normalized spacial score (nSPS) is 17.4. The predicted octanol–water partition coefficient (Wildman–Crippen LogP) is 1.91. The molecule has 0 aromatic carbocycles. The molecule has 0 fully saturated rings. The molecule has 146 valence electrons. The molecule has 0 radical (unpaired) electrons. The summed E-state index contributed by atoms with van der Waals surface area (Å²) in [5.74, 6) is -0.532. The molecule has 0 aliphatic carbocycles. The van der Waals surface area contributed by atoms with Crippen molar-refractivity contribution in [1.82, 2.24) is 0 Å². The molecule has 24 heavy (non-hydrogen) atoms. The summed E-state index contributed by atoms with van der Waals surface area (Å²) in [5, 5.41) is 26.5. The van der Waals surface area contributed by atoms with Gasteiger partial charge in [0.2, 0.25) is 0 Å². The zero-order valence-corrected chi connectivity index (χ0v) is 15.9. The second-order valence-corrected chi connectivity index (χ2v) is 9.23. The molecule has 0 saturated carbocycles. The van der Waals surface area contributed by atoms with Gasteiger partial charge in [0.05, 0.1) is 11.5 Å². The molecular formula is C6H16O14P2S2. The third-order valence-electron chi connectivity index (χ3n) is 1.15. The summed E-state index contributed by atoms with van der Waals surface area (Å²) in [6, 6.07) is 0. The molecule has 0 spiro atoms. The van der Waals surface area contributed by atoms with Gasteiger partial charge >= 0.3 is 15.6 Å². The fourth-order valence-electron chi connectivity index (χ4n) is 0.678. The van der Waals surface area contributed by atoms with Crippen LogP contribution in [0, 0.1) is 0 Å². The standard InChI is InChI=1S/C6H16O14P2S2/c1-6(2,3)13-22(10,11)20-18-16-14-15-17-19-21(8,9)12-5-24-23-4-7/h7H,4-5H2,1-3H3,(H,8,9)(H,10,11). The lowest BCUT2D eigenvalue weighted by molar-refractivity contribution is -0.775. The van der Waals surface area contributed by atoms with Crippen molar-refractivity contribution >= 4 is 37.2 Å². The first-order valence-electron chi connectivity index (χ1n) is 5.55. The molecule has 0 aliphatic rings. The second-order valence-electron chi connectivity index (χ2n) is 4.24. The van der Waals surface area contributed by atoms with E-state index in [4.69, 9.17) is 14.9 Å².